The fourth-order valence-electron chi connectivity index (χ4n) is 0.795. The fraction of sp³-hybridized carbons (Fsp3) is 0.500. The van der Waals surface area contributed by atoms with Gasteiger partial charge in [0.25, 0.3) is 5.88 Å². The van der Waals surface area contributed by atoms with Gasteiger partial charge in [-0.1, -0.05) is 18.7 Å². The van der Waals surface area contributed by atoms with Crippen LogP contribution in [0.15, 0.2) is 0 Å². The van der Waals surface area contributed by atoms with E-state index in [1.807, 2.05) is 0 Å². The number of aromatic nitrogens is 2. The van der Waals surface area contributed by atoms with E-state index in [9.17, 15) is 0 Å². The highest BCUT2D eigenvalue weighted by atomic mass is 16.5. The Bertz CT molecular complexity index is 267. The second-order valence-corrected chi connectivity index (χ2v) is 2.60. The zero-order chi connectivity index (χ0) is 8.59. The molecule has 0 saturated heterocycles. The largest absolute Gasteiger partial charge is 0.502 e. The molecule has 0 spiro atoms. The average Bonchev–Trinajstić information content (AvgIpc) is 2.17. The molecule has 0 bridgehead atoms. The number of hydrogen-bond acceptors (Lipinski definition) is 4. The topological polar surface area (TPSA) is 78.5 Å². The van der Waals surface area contributed by atoms with Crippen molar-refractivity contribution in [3.63, 3.8) is 0 Å². The van der Waals surface area contributed by atoms with Crippen LogP contribution < -0.4 is 0 Å². The minimum absolute atomic E-state index is 0.0331. The lowest BCUT2D eigenvalue weighted by Gasteiger charge is -1.97. The number of hydrogen-bond donors (Lipinski definition) is 3. The van der Waals surface area contributed by atoms with Crippen LogP contribution in [0.2, 0.25) is 0 Å². The van der Waals surface area contributed by atoms with E-state index in [-0.39, 0.29) is 22.2 Å². The third-order valence-electron chi connectivity index (χ3n) is 1.39. The van der Waals surface area contributed by atoms with Crippen molar-refractivity contribution in [1.29, 1.82) is 0 Å². The zero-order valence-corrected chi connectivity index (χ0v) is 6.31. The van der Waals surface area contributed by atoms with Crippen LogP contribution in [-0.4, -0.2) is 25.4 Å². The van der Waals surface area contributed by atoms with E-state index in [4.69, 9.17) is 15.4 Å². The van der Waals surface area contributed by atoms with Crippen LogP contribution in [0.1, 0.15) is 25.5 Å². The van der Waals surface area contributed by atoms with Crippen molar-refractivity contribution >= 4 is 0 Å². The van der Waals surface area contributed by atoms with Crippen LogP contribution >= 0.6 is 0 Å². The van der Waals surface area contributed by atoms with E-state index in [0.717, 1.165) is 0 Å². The molecular formula is C6H10N2O3. The van der Waals surface area contributed by atoms with Gasteiger partial charge in [-0.25, -0.2) is 0 Å². The highest BCUT2D eigenvalue weighted by molar-refractivity contribution is 5.37. The molecule has 0 fully saturated rings. The molecule has 0 aliphatic carbocycles. The SMILES string of the molecule is CC(C)c1nn(O)c(O)c1O. The second kappa shape index (κ2) is 2.34. The lowest BCUT2D eigenvalue weighted by molar-refractivity contribution is 0.118. The van der Waals surface area contributed by atoms with Crippen LogP contribution in [0.25, 0.3) is 0 Å². The maximum Gasteiger partial charge on any atom is 0.290 e. The third kappa shape index (κ3) is 1.09. The van der Waals surface area contributed by atoms with Crippen LogP contribution in [0, 0.1) is 0 Å². The van der Waals surface area contributed by atoms with Crippen molar-refractivity contribution in [3.05, 3.63) is 5.69 Å². The monoisotopic (exact) mass is 158 g/mol. The first-order valence-electron chi connectivity index (χ1n) is 3.24. The Balaban J connectivity index is 3.19. The van der Waals surface area contributed by atoms with E-state index in [0.29, 0.717) is 0 Å². The standard InChI is InChI=1S/C6H10N2O3/c1-3(2)4-5(9)6(10)8(11)7-4/h3,9-11H,1-2H3. The molecule has 0 amide bonds. The lowest BCUT2D eigenvalue weighted by Crippen LogP contribution is -1.94. The molecule has 0 unspecified atom stereocenters. The highest BCUT2D eigenvalue weighted by Crippen LogP contribution is 2.31. The molecular weight excluding hydrogens is 148 g/mol. The number of nitrogens with zero attached hydrogens (tertiary/aromatic N) is 2. The summed E-state index contributed by atoms with van der Waals surface area (Å²) >= 11 is 0. The van der Waals surface area contributed by atoms with Crippen molar-refractivity contribution in [2.45, 2.75) is 19.8 Å². The van der Waals surface area contributed by atoms with Crippen LogP contribution in [0.4, 0.5) is 0 Å². The first kappa shape index (κ1) is 7.71. The van der Waals surface area contributed by atoms with Crippen molar-refractivity contribution in [3.8, 4) is 11.6 Å². The molecule has 0 atom stereocenters. The highest BCUT2D eigenvalue weighted by Gasteiger charge is 2.17. The van der Waals surface area contributed by atoms with Crippen molar-refractivity contribution in [2.75, 3.05) is 0 Å². The first-order valence-corrected chi connectivity index (χ1v) is 3.24. The molecule has 1 aromatic heterocycles. The molecule has 5 nitrogen and oxygen atoms in total. The van der Waals surface area contributed by atoms with Gasteiger partial charge in [0, 0.05) is 5.92 Å². The minimum atomic E-state index is -0.617. The molecule has 0 radical (unpaired) electrons. The Kier molecular flexibility index (Phi) is 1.64. The van der Waals surface area contributed by atoms with E-state index >= 15 is 0 Å². The molecule has 62 valence electrons. The van der Waals surface area contributed by atoms with Gasteiger partial charge < -0.3 is 15.4 Å². The van der Waals surface area contributed by atoms with Crippen LogP contribution in [-0.2, 0) is 0 Å². The Hall–Kier alpha value is -1.39. The summed E-state index contributed by atoms with van der Waals surface area (Å²) in [6, 6.07) is 0. The molecule has 5 heteroatoms. The van der Waals surface area contributed by atoms with Crippen molar-refractivity contribution in [2.24, 2.45) is 0 Å². The van der Waals surface area contributed by atoms with Gasteiger partial charge >= 0.3 is 0 Å². The number of rotatable bonds is 1. The van der Waals surface area contributed by atoms with Gasteiger partial charge in [0.15, 0.2) is 0 Å². The van der Waals surface area contributed by atoms with Gasteiger partial charge in [-0.3, -0.25) is 0 Å². The van der Waals surface area contributed by atoms with E-state index in [1.165, 1.54) is 0 Å². The number of aromatic hydroxyl groups is 2. The molecule has 0 saturated carbocycles. The molecule has 1 aromatic rings. The van der Waals surface area contributed by atoms with Gasteiger partial charge in [-0.15, -0.1) is 5.10 Å². The quantitative estimate of drug-likeness (QED) is 0.524. The Labute approximate surface area is 63.5 Å². The summed E-state index contributed by atoms with van der Waals surface area (Å²) in [4.78, 5) is 0.255. The summed E-state index contributed by atoms with van der Waals surface area (Å²) in [5.74, 6) is -1.01. The summed E-state index contributed by atoms with van der Waals surface area (Å²) in [5.41, 5.74) is 0.282. The van der Waals surface area contributed by atoms with Crippen molar-refractivity contribution in [1.82, 2.24) is 9.94 Å². The van der Waals surface area contributed by atoms with Crippen molar-refractivity contribution < 1.29 is 15.4 Å². The summed E-state index contributed by atoms with van der Waals surface area (Å²) in [7, 11) is 0. The Morgan fingerprint density at radius 3 is 2.09 bits per heavy atom. The molecule has 3 N–H and O–H groups in total. The van der Waals surface area contributed by atoms with Gasteiger partial charge in [-0.2, -0.15) is 0 Å². The molecule has 1 heterocycles. The summed E-state index contributed by atoms with van der Waals surface area (Å²) in [6.07, 6.45) is 0. The normalized spacial score (nSPS) is 10.8. The second-order valence-electron chi connectivity index (χ2n) is 2.60. The smallest absolute Gasteiger partial charge is 0.290 e. The maximum absolute atomic E-state index is 9.10. The predicted octanol–water partition coefficient (Wildman–Crippen LogP) is 0.655. The Morgan fingerprint density at radius 1 is 1.36 bits per heavy atom. The van der Waals surface area contributed by atoms with Gasteiger partial charge in [-0.05, 0) is 0 Å². The van der Waals surface area contributed by atoms with E-state index in [2.05, 4.69) is 5.10 Å². The predicted molar refractivity (Wildman–Crippen MR) is 36.8 cm³/mol. The summed E-state index contributed by atoms with van der Waals surface area (Å²) in [6.45, 7) is 3.59. The van der Waals surface area contributed by atoms with E-state index < -0.39 is 5.88 Å². The zero-order valence-electron chi connectivity index (χ0n) is 6.31. The lowest BCUT2D eigenvalue weighted by atomic mass is 10.1. The van der Waals surface area contributed by atoms with Gasteiger partial charge in [0.2, 0.25) is 5.75 Å². The molecule has 0 aliphatic heterocycles. The van der Waals surface area contributed by atoms with Crippen LogP contribution in [0.3, 0.4) is 0 Å². The summed E-state index contributed by atoms with van der Waals surface area (Å²) < 4.78 is 0. The molecule has 0 aromatic carbocycles. The summed E-state index contributed by atoms with van der Waals surface area (Å²) in [5, 5.41) is 30.2. The van der Waals surface area contributed by atoms with Crippen LogP contribution in [0.5, 0.6) is 11.6 Å². The van der Waals surface area contributed by atoms with E-state index in [1.54, 1.807) is 13.8 Å². The molecule has 0 aliphatic rings. The molecule has 1 rings (SSSR count). The first-order chi connectivity index (χ1) is 5.04. The fourth-order valence-corrected chi connectivity index (χ4v) is 0.795. The Morgan fingerprint density at radius 2 is 1.91 bits per heavy atom. The van der Waals surface area contributed by atoms with Gasteiger partial charge in [0.05, 0.1) is 0 Å². The average molecular weight is 158 g/mol. The minimum Gasteiger partial charge on any atom is -0.502 e. The maximum atomic E-state index is 9.10. The van der Waals surface area contributed by atoms with Gasteiger partial charge in [0.1, 0.15) is 5.69 Å². The molecule has 11 heavy (non-hydrogen) atoms. The third-order valence-corrected chi connectivity index (χ3v) is 1.39.